The summed E-state index contributed by atoms with van der Waals surface area (Å²) in [5.41, 5.74) is 1.64. The minimum Gasteiger partial charge on any atom is -0.497 e. The third-order valence-electron chi connectivity index (χ3n) is 6.79. The molecule has 40 heavy (non-hydrogen) atoms. The Morgan fingerprint density at radius 3 is 2.52 bits per heavy atom. The second-order valence-electron chi connectivity index (χ2n) is 9.78. The summed E-state index contributed by atoms with van der Waals surface area (Å²) in [5.74, 6) is 6.43. The van der Waals surface area contributed by atoms with Gasteiger partial charge in [-0.2, -0.15) is 4.31 Å². The molecule has 0 bridgehead atoms. The standard InChI is InChI=1S/C30H33N3O6S/c1-21-18-33(22(2)20-34)40(36,37)29-15-12-24(9-8-23-10-13-25(38-4)14-11-23)17-27(29)39-28(21)19-32(3)30(35)26-7-5-6-16-31-26/h5-7,10-17,21-22,28,34H,18-20H2,1-4H3/t21-,22-,28-/m1/s1. The summed E-state index contributed by atoms with van der Waals surface area (Å²) >= 11 is 0. The molecular formula is C30H33N3O6S. The molecule has 0 saturated carbocycles. The van der Waals surface area contributed by atoms with Gasteiger partial charge < -0.3 is 19.5 Å². The average Bonchev–Trinajstić information content (AvgIpc) is 2.97. The van der Waals surface area contributed by atoms with Crippen LogP contribution >= 0.6 is 0 Å². The van der Waals surface area contributed by atoms with Gasteiger partial charge in [-0.15, -0.1) is 0 Å². The lowest BCUT2D eigenvalue weighted by molar-refractivity contribution is 0.0559. The maximum Gasteiger partial charge on any atom is 0.272 e. The monoisotopic (exact) mass is 563 g/mol. The van der Waals surface area contributed by atoms with E-state index in [4.69, 9.17) is 9.47 Å². The van der Waals surface area contributed by atoms with E-state index in [9.17, 15) is 18.3 Å². The molecule has 210 valence electrons. The predicted molar refractivity (Wildman–Crippen MR) is 151 cm³/mol. The first kappa shape index (κ1) is 29.1. The minimum atomic E-state index is -3.99. The first-order chi connectivity index (χ1) is 19.1. The maximum absolute atomic E-state index is 13.7. The molecule has 1 aromatic heterocycles. The van der Waals surface area contributed by atoms with Gasteiger partial charge in [0.15, 0.2) is 0 Å². The van der Waals surface area contributed by atoms with Crippen LogP contribution in [0.1, 0.15) is 35.5 Å². The minimum absolute atomic E-state index is 0.0154. The zero-order valence-electron chi connectivity index (χ0n) is 22.9. The van der Waals surface area contributed by atoms with Crippen molar-refractivity contribution in [1.29, 1.82) is 0 Å². The molecule has 0 radical (unpaired) electrons. The molecule has 0 aliphatic carbocycles. The quantitative estimate of drug-likeness (QED) is 0.459. The van der Waals surface area contributed by atoms with Gasteiger partial charge in [-0.25, -0.2) is 8.42 Å². The zero-order valence-corrected chi connectivity index (χ0v) is 23.8. The van der Waals surface area contributed by atoms with Gasteiger partial charge in [-0.3, -0.25) is 9.78 Å². The van der Waals surface area contributed by atoms with Crippen molar-refractivity contribution in [3.05, 3.63) is 83.7 Å². The Kier molecular flexibility index (Phi) is 9.10. The highest BCUT2D eigenvalue weighted by atomic mass is 32.2. The van der Waals surface area contributed by atoms with Gasteiger partial charge in [0.25, 0.3) is 5.91 Å². The van der Waals surface area contributed by atoms with Crippen molar-refractivity contribution in [3.8, 4) is 23.3 Å². The number of aromatic nitrogens is 1. The highest BCUT2D eigenvalue weighted by molar-refractivity contribution is 7.89. The fourth-order valence-electron chi connectivity index (χ4n) is 4.38. The lowest BCUT2D eigenvalue weighted by atomic mass is 10.0. The molecule has 1 amide bonds. The number of pyridine rings is 1. The number of likely N-dealkylation sites (N-methyl/N-ethyl adjacent to an activating group) is 1. The molecule has 1 N–H and O–H groups in total. The molecule has 0 spiro atoms. The van der Waals surface area contributed by atoms with E-state index < -0.39 is 22.2 Å². The van der Waals surface area contributed by atoms with Crippen LogP contribution in [0.4, 0.5) is 0 Å². The summed E-state index contributed by atoms with van der Waals surface area (Å²) in [7, 11) is -0.740. The molecule has 9 nitrogen and oxygen atoms in total. The Bertz CT molecular complexity index is 1500. The van der Waals surface area contributed by atoms with Crippen LogP contribution < -0.4 is 9.47 Å². The number of ether oxygens (including phenoxy) is 2. The Morgan fingerprint density at radius 1 is 1.18 bits per heavy atom. The Morgan fingerprint density at radius 2 is 1.88 bits per heavy atom. The fourth-order valence-corrected chi connectivity index (χ4v) is 6.20. The number of aliphatic hydroxyl groups is 1. The Balaban J connectivity index is 1.70. The molecule has 1 aliphatic rings. The van der Waals surface area contributed by atoms with Crippen molar-refractivity contribution in [2.45, 2.75) is 30.9 Å². The summed E-state index contributed by atoms with van der Waals surface area (Å²) in [6.45, 7) is 3.50. The van der Waals surface area contributed by atoms with Crippen molar-refractivity contribution >= 4 is 15.9 Å². The van der Waals surface area contributed by atoms with Gasteiger partial charge in [-0.1, -0.05) is 24.8 Å². The van der Waals surface area contributed by atoms with Gasteiger partial charge in [0, 0.05) is 42.9 Å². The molecule has 3 atom stereocenters. The summed E-state index contributed by atoms with van der Waals surface area (Å²) in [6.07, 6.45) is 1.00. The van der Waals surface area contributed by atoms with E-state index in [1.54, 1.807) is 57.6 Å². The van der Waals surface area contributed by atoms with Gasteiger partial charge in [0.05, 0.1) is 20.3 Å². The second kappa shape index (κ2) is 12.5. The van der Waals surface area contributed by atoms with Crippen LogP contribution in [0.15, 0.2) is 71.8 Å². The van der Waals surface area contributed by atoms with Crippen molar-refractivity contribution in [1.82, 2.24) is 14.2 Å². The molecule has 0 fully saturated rings. The van der Waals surface area contributed by atoms with Gasteiger partial charge >= 0.3 is 0 Å². The lowest BCUT2D eigenvalue weighted by Gasteiger charge is -2.37. The van der Waals surface area contributed by atoms with Crippen LogP contribution in [-0.2, 0) is 10.0 Å². The van der Waals surface area contributed by atoms with Crippen LogP contribution in [0.2, 0.25) is 0 Å². The number of hydrogen-bond donors (Lipinski definition) is 1. The third-order valence-corrected chi connectivity index (χ3v) is 8.81. The number of methoxy groups -OCH3 is 1. The van der Waals surface area contributed by atoms with Crippen LogP contribution in [0.3, 0.4) is 0 Å². The van der Waals surface area contributed by atoms with Gasteiger partial charge in [0.1, 0.15) is 28.2 Å². The number of carbonyl (C=O) groups is 1. The van der Waals surface area contributed by atoms with E-state index >= 15 is 0 Å². The molecule has 1 aliphatic heterocycles. The number of hydrogen-bond acceptors (Lipinski definition) is 7. The normalized spacial score (nSPS) is 19.0. The molecule has 2 heterocycles. The van der Waals surface area contributed by atoms with Crippen LogP contribution in [0, 0.1) is 17.8 Å². The van der Waals surface area contributed by atoms with E-state index in [2.05, 4.69) is 16.8 Å². The molecular weight excluding hydrogens is 530 g/mol. The van der Waals surface area contributed by atoms with E-state index in [1.165, 1.54) is 15.3 Å². The highest BCUT2D eigenvalue weighted by Gasteiger charge is 2.38. The number of rotatable bonds is 6. The molecule has 2 aromatic carbocycles. The molecule has 0 saturated heterocycles. The summed E-state index contributed by atoms with van der Waals surface area (Å²) in [5, 5.41) is 9.86. The van der Waals surface area contributed by atoms with E-state index in [0.717, 1.165) is 11.3 Å². The number of aliphatic hydroxyl groups excluding tert-OH is 1. The second-order valence-corrected chi connectivity index (χ2v) is 11.6. The molecule has 4 rings (SSSR count). The molecule has 0 unspecified atom stereocenters. The number of benzene rings is 2. The number of fused-ring (bicyclic) bond motifs is 1. The SMILES string of the molecule is COc1ccc(C#Cc2ccc3c(c2)O[C@H](CN(C)C(=O)c2ccccn2)[C@H](C)CN([C@H](C)CO)S3(=O)=O)cc1. The maximum atomic E-state index is 13.7. The van der Waals surface area contributed by atoms with E-state index in [1.807, 2.05) is 31.2 Å². The number of nitrogens with zero attached hydrogens (tertiary/aromatic N) is 3. The third kappa shape index (κ3) is 6.45. The Labute approximate surface area is 235 Å². The van der Waals surface area contributed by atoms with Crippen LogP contribution in [-0.4, -0.2) is 79.6 Å². The van der Waals surface area contributed by atoms with Crippen LogP contribution in [0.5, 0.6) is 11.5 Å². The number of carbonyl (C=O) groups excluding carboxylic acids is 1. The molecule has 10 heteroatoms. The highest BCUT2D eigenvalue weighted by Crippen LogP contribution is 2.34. The average molecular weight is 564 g/mol. The largest absolute Gasteiger partial charge is 0.497 e. The fraction of sp³-hybridized carbons (Fsp3) is 0.333. The van der Waals surface area contributed by atoms with Gasteiger partial charge in [0.2, 0.25) is 10.0 Å². The smallest absolute Gasteiger partial charge is 0.272 e. The topological polar surface area (TPSA) is 109 Å². The van der Waals surface area contributed by atoms with Crippen molar-refractivity contribution < 1.29 is 27.8 Å². The summed E-state index contributed by atoms with van der Waals surface area (Å²) in [4.78, 5) is 18.7. The Hall–Kier alpha value is -3.91. The van der Waals surface area contributed by atoms with Crippen molar-refractivity contribution in [2.24, 2.45) is 5.92 Å². The lowest BCUT2D eigenvalue weighted by Crippen LogP contribution is -2.50. The van der Waals surface area contributed by atoms with E-state index in [-0.39, 0.29) is 42.2 Å². The number of amides is 1. The van der Waals surface area contributed by atoms with E-state index in [0.29, 0.717) is 11.3 Å². The van der Waals surface area contributed by atoms with Gasteiger partial charge in [-0.05, 0) is 61.5 Å². The molecule has 3 aromatic rings. The zero-order chi connectivity index (χ0) is 28.9. The first-order valence-electron chi connectivity index (χ1n) is 12.9. The van der Waals surface area contributed by atoms with Crippen molar-refractivity contribution in [3.63, 3.8) is 0 Å². The summed E-state index contributed by atoms with van der Waals surface area (Å²) in [6, 6.07) is 16.5. The van der Waals surface area contributed by atoms with Crippen molar-refractivity contribution in [2.75, 3.05) is 33.9 Å². The number of sulfonamides is 1. The first-order valence-corrected chi connectivity index (χ1v) is 14.3. The predicted octanol–water partition coefficient (Wildman–Crippen LogP) is 3.03. The van der Waals surface area contributed by atoms with Crippen LogP contribution in [0.25, 0.3) is 0 Å². The summed E-state index contributed by atoms with van der Waals surface area (Å²) < 4.78 is 40.3.